The number of amides is 2. The topological polar surface area (TPSA) is 58.6 Å². The van der Waals surface area contributed by atoms with Crippen molar-refractivity contribution in [2.75, 3.05) is 11.6 Å². The number of hydrogen-bond donors (Lipinski definition) is 1. The van der Waals surface area contributed by atoms with Gasteiger partial charge in [-0.2, -0.15) is 0 Å². The van der Waals surface area contributed by atoms with E-state index in [0.29, 0.717) is 22.1 Å². The average Bonchev–Trinajstić information content (AvgIpc) is 3.13. The molecule has 1 aliphatic heterocycles. The van der Waals surface area contributed by atoms with E-state index in [-0.39, 0.29) is 24.0 Å². The number of fused-ring (bicyclic) bond motifs is 1. The molecule has 0 radical (unpaired) electrons. The minimum absolute atomic E-state index is 0.00479. The molecule has 0 unspecified atom stereocenters. The van der Waals surface area contributed by atoms with Crippen LogP contribution >= 0.6 is 22.9 Å². The molecule has 2 aromatic carbocycles. The van der Waals surface area contributed by atoms with Crippen LogP contribution in [0.15, 0.2) is 48.5 Å². The van der Waals surface area contributed by atoms with Crippen molar-refractivity contribution in [3.63, 3.8) is 0 Å². The molecule has 0 bridgehead atoms. The van der Waals surface area contributed by atoms with Crippen molar-refractivity contribution in [3.8, 4) is 5.75 Å². The van der Waals surface area contributed by atoms with Gasteiger partial charge in [0.25, 0.3) is 11.8 Å². The molecular formula is C20H13ClF2N2O3S. The lowest BCUT2D eigenvalue weighted by Crippen LogP contribution is -2.38. The van der Waals surface area contributed by atoms with E-state index in [1.807, 2.05) is 6.07 Å². The third-order valence-electron chi connectivity index (χ3n) is 4.34. The van der Waals surface area contributed by atoms with Gasteiger partial charge in [-0.05, 0) is 42.5 Å². The summed E-state index contributed by atoms with van der Waals surface area (Å²) in [6.45, 7) is 0.205. The normalized spacial score (nSPS) is 13.1. The molecule has 1 aliphatic rings. The smallest absolute Gasteiger partial charge is 0.264 e. The summed E-state index contributed by atoms with van der Waals surface area (Å²) in [6.07, 6.45) is 0. The fourth-order valence-electron chi connectivity index (χ4n) is 2.85. The molecule has 0 saturated heterocycles. The van der Waals surface area contributed by atoms with Crippen LogP contribution in [-0.2, 0) is 6.54 Å². The van der Waals surface area contributed by atoms with Crippen LogP contribution in [0.1, 0.15) is 25.6 Å². The van der Waals surface area contributed by atoms with Gasteiger partial charge in [0.15, 0.2) is 18.4 Å². The van der Waals surface area contributed by atoms with E-state index in [0.717, 1.165) is 17.0 Å². The highest BCUT2D eigenvalue weighted by Gasteiger charge is 2.28. The SMILES string of the molecule is O=C(NCc1ccc(Cl)s1)c1ccc(N2COc3cc(F)c(F)cc3C2=O)cc1. The molecule has 5 nitrogen and oxygen atoms in total. The summed E-state index contributed by atoms with van der Waals surface area (Å²) >= 11 is 7.25. The number of anilines is 1. The number of ether oxygens (including phenoxy) is 1. The summed E-state index contributed by atoms with van der Waals surface area (Å²) in [5.74, 6) is -3.00. The van der Waals surface area contributed by atoms with Gasteiger partial charge in [-0.1, -0.05) is 11.6 Å². The molecule has 0 fully saturated rings. The maximum atomic E-state index is 13.5. The molecule has 29 heavy (non-hydrogen) atoms. The van der Waals surface area contributed by atoms with Gasteiger partial charge in [0.2, 0.25) is 0 Å². The van der Waals surface area contributed by atoms with Gasteiger partial charge < -0.3 is 10.1 Å². The largest absolute Gasteiger partial charge is 0.472 e. The summed E-state index contributed by atoms with van der Waals surface area (Å²) in [5.41, 5.74) is 0.814. The van der Waals surface area contributed by atoms with Crippen LogP contribution in [0.4, 0.5) is 14.5 Å². The third-order valence-corrected chi connectivity index (χ3v) is 5.57. The molecule has 2 amide bonds. The fraction of sp³-hybridized carbons (Fsp3) is 0.100. The maximum Gasteiger partial charge on any atom is 0.264 e. The quantitative estimate of drug-likeness (QED) is 0.652. The van der Waals surface area contributed by atoms with Crippen LogP contribution in [0.5, 0.6) is 5.75 Å². The second-order valence-corrected chi connectivity index (χ2v) is 8.00. The predicted octanol–water partition coefficient (Wildman–Crippen LogP) is 4.61. The lowest BCUT2D eigenvalue weighted by molar-refractivity contribution is 0.0933. The number of carbonyl (C=O) groups excluding carboxylic acids is 2. The summed E-state index contributed by atoms with van der Waals surface area (Å²) in [6, 6.07) is 11.6. The second-order valence-electron chi connectivity index (χ2n) is 6.20. The first-order chi connectivity index (χ1) is 13.9. The van der Waals surface area contributed by atoms with Gasteiger partial charge in [-0.15, -0.1) is 11.3 Å². The van der Waals surface area contributed by atoms with Gasteiger partial charge in [-0.3, -0.25) is 14.5 Å². The van der Waals surface area contributed by atoms with E-state index in [2.05, 4.69) is 5.32 Å². The number of thiophene rings is 1. The zero-order valence-electron chi connectivity index (χ0n) is 14.7. The lowest BCUT2D eigenvalue weighted by Gasteiger charge is -2.28. The Morgan fingerprint density at radius 1 is 1.14 bits per heavy atom. The molecule has 4 rings (SSSR count). The van der Waals surface area contributed by atoms with Gasteiger partial charge in [0.1, 0.15) is 5.75 Å². The standard InChI is InChI=1S/C20H13ClF2N2O3S/c21-18-6-5-13(29-18)9-24-19(26)11-1-3-12(4-2-11)25-10-28-17-8-16(23)15(22)7-14(17)20(25)27/h1-8H,9-10H2,(H,24,26). The first-order valence-corrected chi connectivity index (χ1v) is 9.68. The Morgan fingerprint density at radius 2 is 1.86 bits per heavy atom. The number of rotatable bonds is 4. The highest BCUT2D eigenvalue weighted by atomic mass is 35.5. The number of nitrogens with one attached hydrogen (secondary N) is 1. The molecule has 148 valence electrons. The molecule has 0 atom stereocenters. The molecule has 1 N–H and O–H groups in total. The van der Waals surface area contributed by atoms with Crippen molar-refractivity contribution in [1.82, 2.24) is 5.32 Å². The van der Waals surface area contributed by atoms with Crippen molar-refractivity contribution < 1.29 is 23.1 Å². The Kier molecular flexibility index (Phi) is 5.21. The lowest BCUT2D eigenvalue weighted by atomic mass is 10.1. The Morgan fingerprint density at radius 3 is 2.55 bits per heavy atom. The fourth-order valence-corrected chi connectivity index (χ4v) is 3.88. The van der Waals surface area contributed by atoms with E-state index >= 15 is 0 Å². The van der Waals surface area contributed by atoms with Crippen LogP contribution in [-0.4, -0.2) is 18.5 Å². The van der Waals surface area contributed by atoms with Gasteiger partial charge in [-0.25, -0.2) is 8.78 Å². The summed E-state index contributed by atoms with van der Waals surface area (Å²) < 4.78 is 32.8. The van der Waals surface area contributed by atoms with Crippen LogP contribution in [0.25, 0.3) is 0 Å². The van der Waals surface area contributed by atoms with Crippen molar-refractivity contribution in [3.05, 3.63) is 80.5 Å². The first-order valence-electron chi connectivity index (χ1n) is 8.48. The maximum absolute atomic E-state index is 13.5. The zero-order chi connectivity index (χ0) is 20.5. The monoisotopic (exact) mass is 434 g/mol. The van der Waals surface area contributed by atoms with E-state index < -0.39 is 17.5 Å². The summed E-state index contributed by atoms with van der Waals surface area (Å²) in [5, 5.41) is 2.79. The number of hydrogen-bond acceptors (Lipinski definition) is 4. The van der Waals surface area contributed by atoms with Crippen LogP contribution in [0, 0.1) is 11.6 Å². The van der Waals surface area contributed by atoms with E-state index in [1.165, 1.54) is 16.2 Å². The number of nitrogens with zero attached hydrogens (tertiary/aromatic N) is 1. The van der Waals surface area contributed by atoms with Crippen molar-refractivity contribution in [1.29, 1.82) is 0 Å². The predicted molar refractivity (Wildman–Crippen MR) is 106 cm³/mol. The van der Waals surface area contributed by atoms with Crippen LogP contribution in [0.3, 0.4) is 0 Å². The minimum atomic E-state index is -1.12. The molecule has 3 aromatic rings. The van der Waals surface area contributed by atoms with Crippen LogP contribution < -0.4 is 15.0 Å². The number of carbonyl (C=O) groups is 2. The summed E-state index contributed by atoms with van der Waals surface area (Å²) in [7, 11) is 0. The second kappa shape index (κ2) is 7.81. The Hall–Kier alpha value is -2.97. The zero-order valence-corrected chi connectivity index (χ0v) is 16.3. The summed E-state index contributed by atoms with van der Waals surface area (Å²) in [4.78, 5) is 27.1. The van der Waals surface area contributed by atoms with E-state index in [9.17, 15) is 18.4 Å². The minimum Gasteiger partial charge on any atom is -0.472 e. The molecular weight excluding hydrogens is 422 g/mol. The van der Waals surface area contributed by atoms with Gasteiger partial charge in [0.05, 0.1) is 16.4 Å². The highest BCUT2D eigenvalue weighted by molar-refractivity contribution is 7.16. The van der Waals surface area contributed by atoms with E-state index in [4.69, 9.17) is 16.3 Å². The third kappa shape index (κ3) is 3.94. The van der Waals surface area contributed by atoms with Crippen molar-refractivity contribution in [2.45, 2.75) is 6.54 Å². The average molecular weight is 435 g/mol. The van der Waals surface area contributed by atoms with Gasteiger partial charge >= 0.3 is 0 Å². The molecule has 1 aromatic heterocycles. The molecule has 0 saturated carbocycles. The number of benzene rings is 2. The van der Waals surface area contributed by atoms with Gasteiger partial charge in [0, 0.05) is 22.2 Å². The highest BCUT2D eigenvalue weighted by Crippen LogP contribution is 2.30. The molecule has 0 spiro atoms. The first kappa shape index (κ1) is 19.4. The Labute approximate surface area is 173 Å². The van der Waals surface area contributed by atoms with Crippen molar-refractivity contribution >= 4 is 40.4 Å². The van der Waals surface area contributed by atoms with Crippen molar-refractivity contribution in [2.24, 2.45) is 0 Å². The van der Waals surface area contributed by atoms with E-state index in [1.54, 1.807) is 30.3 Å². The Bertz CT molecular complexity index is 1100. The molecule has 2 heterocycles. The molecule has 9 heteroatoms. The number of halogens is 3. The Balaban J connectivity index is 1.47. The van der Waals surface area contributed by atoms with Crippen LogP contribution in [0.2, 0.25) is 4.34 Å². The molecule has 0 aliphatic carbocycles.